The molecule has 2 fully saturated rings. The van der Waals surface area contributed by atoms with Crippen LogP contribution in [0.3, 0.4) is 0 Å². The summed E-state index contributed by atoms with van der Waals surface area (Å²) >= 11 is 0. The van der Waals surface area contributed by atoms with Crippen molar-refractivity contribution in [1.82, 2.24) is 4.72 Å². The first kappa shape index (κ1) is 13.1. The minimum absolute atomic E-state index is 0.0129. The van der Waals surface area contributed by atoms with E-state index >= 15 is 0 Å². The number of aliphatic hydroxyl groups is 1. The average molecular weight is 281 g/mol. The predicted octanol–water partition coefficient (Wildman–Crippen LogP) is 1.37. The Morgan fingerprint density at radius 1 is 1.21 bits per heavy atom. The number of nitrogens with one attached hydrogen (secondary N) is 1. The lowest BCUT2D eigenvalue weighted by Crippen LogP contribution is -2.39. The Bertz CT molecular complexity index is 543. The highest BCUT2D eigenvalue weighted by Crippen LogP contribution is 2.56. The molecule has 0 spiro atoms. The summed E-state index contributed by atoms with van der Waals surface area (Å²) in [6, 6.07) is 8.47. The quantitative estimate of drug-likeness (QED) is 0.856. The summed E-state index contributed by atoms with van der Waals surface area (Å²) in [6.07, 6.45) is 2.82. The minimum atomic E-state index is -3.43. The van der Waals surface area contributed by atoms with Gasteiger partial charge in [0.2, 0.25) is 10.0 Å². The van der Waals surface area contributed by atoms with Gasteiger partial charge >= 0.3 is 0 Å². The van der Waals surface area contributed by atoms with Crippen LogP contribution >= 0.6 is 0 Å². The molecule has 19 heavy (non-hydrogen) atoms. The SMILES string of the molecule is O=S(=O)(N[C@H]1C[C@H]2CC2[C@H]1CCO)c1ccccc1. The van der Waals surface area contributed by atoms with Crippen molar-refractivity contribution < 1.29 is 13.5 Å². The number of rotatable bonds is 5. The lowest BCUT2D eigenvalue weighted by atomic mass is 9.96. The summed E-state index contributed by atoms with van der Waals surface area (Å²) in [7, 11) is -3.43. The highest BCUT2D eigenvalue weighted by Gasteiger charge is 2.53. The van der Waals surface area contributed by atoms with E-state index in [1.807, 2.05) is 0 Å². The van der Waals surface area contributed by atoms with Gasteiger partial charge in [0.25, 0.3) is 0 Å². The largest absolute Gasteiger partial charge is 0.396 e. The molecule has 1 unspecified atom stereocenters. The van der Waals surface area contributed by atoms with E-state index in [-0.39, 0.29) is 12.6 Å². The molecule has 0 heterocycles. The van der Waals surface area contributed by atoms with Crippen LogP contribution in [0.4, 0.5) is 0 Å². The lowest BCUT2D eigenvalue weighted by Gasteiger charge is -2.23. The van der Waals surface area contributed by atoms with Crippen molar-refractivity contribution in [3.8, 4) is 0 Å². The first-order chi connectivity index (χ1) is 9.12. The first-order valence-corrected chi connectivity index (χ1v) is 8.28. The normalized spacial score (nSPS) is 33.1. The van der Waals surface area contributed by atoms with Crippen molar-refractivity contribution in [2.24, 2.45) is 17.8 Å². The molecule has 2 aliphatic carbocycles. The fourth-order valence-electron chi connectivity index (χ4n) is 3.43. The van der Waals surface area contributed by atoms with E-state index in [9.17, 15) is 8.42 Å². The van der Waals surface area contributed by atoms with Crippen molar-refractivity contribution in [2.45, 2.75) is 30.2 Å². The van der Waals surface area contributed by atoms with Crippen LogP contribution in [0.15, 0.2) is 35.2 Å². The van der Waals surface area contributed by atoms with Gasteiger partial charge in [-0.1, -0.05) is 18.2 Å². The predicted molar refractivity (Wildman–Crippen MR) is 72.0 cm³/mol. The number of benzene rings is 1. The zero-order valence-corrected chi connectivity index (χ0v) is 11.5. The molecule has 0 bridgehead atoms. The van der Waals surface area contributed by atoms with Gasteiger partial charge in [-0.2, -0.15) is 0 Å². The highest BCUT2D eigenvalue weighted by molar-refractivity contribution is 7.89. The Hall–Kier alpha value is -0.910. The maximum absolute atomic E-state index is 12.3. The van der Waals surface area contributed by atoms with Gasteiger partial charge < -0.3 is 5.11 Å². The fourth-order valence-corrected chi connectivity index (χ4v) is 4.75. The third-order valence-electron chi connectivity index (χ3n) is 4.42. The van der Waals surface area contributed by atoms with E-state index in [4.69, 9.17) is 5.11 Å². The van der Waals surface area contributed by atoms with Crippen molar-refractivity contribution in [1.29, 1.82) is 0 Å². The molecule has 0 aromatic heterocycles. The molecule has 104 valence electrons. The average Bonchev–Trinajstić information content (AvgIpc) is 3.08. The number of hydrogen-bond donors (Lipinski definition) is 2. The number of hydrogen-bond acceptors (Lipinski definition) is 3. The zero-order chi connectivity index (χ0) is 13.5. The molecule has 5 heteroatoms. The van der Waals surface area contributed by atoms with E-state index in [2.05, 4.69) is 4.72 Å². The third-order valence-corrected chi connectivity index (χ3v) is 5.93. The van der Waals surface area contributed by atoms with Gasteiger partial charge in [0.15, 0.2) is 0 Å². The molecule has 1 aromatic rings. The van der Waals surface area contributed by atoms with E-state index < -0.39 is 10.0 Å². The molecule has 2 saturated carbocycles. The van der Waals surface area contributed by atoms with Gasteiger partial charge in [0.05, 0.1) is 4.90 Å². The van der Waals surface area contributed by atoms with Gasteiger partial charge in [0.1, 0.15) is 0 Å². The monoisotopic (exact) mass is 281 g/mol. The summed E-state index contributed by atoms with van der Waals surface area (Å²) in [5, 5.41) is 9.12. The standard InChI is InChI=1S/C14H19NO3S/c16-7-6-12-13-8-10(13)9-14(12)15-19(17,18)11-4-2-1-3-5-11/h1-5,10,12-16H,6-9H2/t10-,12-,13?,14+/m1/s1. The molecule has 4 nitrogen and oxygen atoms in total. The summed E-state index contributed by atoms with van der Waals surface area (Å²) < 4.78 is 27.4. The summed E-state index contributed by atoms with van der Waals surface area (Å²) in [5.74, 6) is 1.59. The van der Waals surface area contributed by atoms with Crippen LogP contribution in [0.1, 0.15) is 19.3 Å². The molecular weight excluding hydrogens is 262 g/mol. The smallest absolute Gasteiger partial charge is 0.240 e. The molecule has 0 aliphatic heterocycles. The first-order valence-electron chi connectivity index (χ1n) is 6.80. The summed E-state index contributed by atoms with van der Waals surface area (Å²) in [6.45, 7) is 0.136. The van der Waals surface area contributed by atoms with E-state index in [1.165, 1.54) is 6.42 Å². The zero-order valence-electron chi connectivity index (χ0n) is 10.7. The van der Waals surface area contributed by atoms with Gasteiger partial charge in [-0.05, 0) is 49.1 Å². The van der Waals surface area contributed by atoms with E-state index in [0.717, 1.165) is 6.42 Å². The molecule has 2 aliphatic rings. The Kier molecular flexibility index (Phi) is 3.37. The second-order valence-electron chi connectivity index (χ2n) is 5.61. The van der Waals surface area contributed by atoms with Crippen LogP contribution in [0.2, 0.25) is 0 Å². The van der Waals surface area contributed by atoms with Gasteiger partial charge in [-0.25, -0.2) is 13.1 Å². The van der Waals surface area contributed by atoms with E-state index in [0.29, 0.717) is 29.1 Å². The van der Waals surface area contributed by atoms with Gasteiger partial charge in [-0.3, -0.25) is 0 Å². The molecule has 2 N–H and O–H groups in total. The highest BCUT2D eigenvalue weighted by atomic mass is 32.2. The Morgan fingerprint density at radius 3 is 2.63 bits per heavy atom. The van der Waals surface area contributed by atoms with Crippen LogP contribution in [-0.4, -0.2) is 26.2 Å². The van der Waals surface area contributed by atoms with E-state index in [1.54, 1.807) is 30.3 Å². The molecule has 4 atom stereocenters. The summed E-state index contributed by atoms with van der Waals surface area (Å²) in [5.41, 5.74) is 0. The molecule has 0 radical (unpaired) electrons. The number of fused-ring (bicyclic) bond motifs is 1. The Labute approximate surface area is 113 Å². The Morgan fingerprint density at radius 2 is 1.95 bits per heavy atom. The van der Waals surface area contributed by atoms with Crippen LogP contribution < -0.4 is 4.72 Å². The van der Waals surface area contributed by atoms with Crippen molar-refractivity contribution in [2.75, 3.05) is 6.61 Å². The van der Waals surface area contributed by atoms with Crippen molar-refractivity contribution in [3.05, 3.63) is 30.3 Å². The molecular formula is C14H19NO3S. The maximum atomic E-state index is 12.3. The molecule has 0 amide bonds. The van der Waals surface area contributed by atoms with Gasteiger partial charge in [0, 0.05) is 12.6 Å². The fraction of sp³-hybridized carbons (Fsp3) is 0.571. The van der Waals surface area contributed by atoms with Crippen molar-refractivity contribution >= 4 is 10.0 Å². The third kappa shape index (κ3) is 2.55. The van der Waals surface area contributed by atoms with Crippen LogP contribution in [-0.2, 0) is 10.0 Å². The second-order valence-corrected chi connectivity index (χ2v) is 7.33. The minimum Gasteiger partial charge on any atom is -0.396 e. The van der Waals surface area contributed by atoms with Crippen LogP contribution in [0.25, 0.3) is 0 Å². The summed E-state index contributed by atoms with van der Waals surface area (Å²) in [4.78, 5) is 0.318. The molecule has 3 rings (SSSR count). The number of sulfonamides is 1. The second kappa shape index (κ2) is 4.89. The Balaban J connectivity index is 1.74. The lowest BCUT2D eigenvalue weighted by molar-refractivity contribution is 0.235. The van der Waals surface area contributed by atoms with Gasteiger partial charge in [-0.15, -0.1) is 0 Å². The topological polar surface area (TPSA) is 66.4 Å². The van der Waals surface area contributed by atoms with Crippen molar-refractivity contribution in [3.63, 3.8) is 0 Å². The number of aliphatic hydroxyl groups excluding tert-OH is 1. The van der Waals surface area contributed by atoms with Crippen LogP contribution in [0, 0.1) is 17.8 Å². The van der Waals surface area contributed by atoms with Crippen LogP contribution in [0.5, 0.6) is 0 Å². The maximum Gasteiger partial charge on any atom is 0.240 e. The molecule has 0 saturated heterocycles. The molecule has 1 aromatic carbocycles.